The van der Waals surface area contributed by atoms with E-state index >= 15 is 0 Å². The summed E-state index contributed by atoms with van der Waals surface area (Å²) in [6.07, 6.45) is 1.62. The highest BCUT2D eigenvalue weighted by Gasteiger charge is 2.57. The molecular formula is C43H51N9O7. The smallest absolute Gasteiger partial charge is 0.407 e. The van der Waals surface area contributed by atoms with Gasteiger partial charge in [-0.3, -0.25) is 14.4 Å². The fourth-order valence-corrected chi connectivity index (χ4v) is 8.25. The van der Waals surface area contributed by atoms with Crippen molar-refractivity contribution in [3.8, 4) is 22.5 Å². The van der Waals surface area contributed by atoms with Crippen molar-refractivity contribution in [2.24, 2.45) is 23.7 Å². The number of hydrogen-bond donors (Lipinski definition) is 6. The summed E-state index contributed by atoms with van der Waals surface area (Å²) in [6, 6.07) is 19.5. The number of aryl methyl sites for hydroxylation is 1. The highest BCUT2D eigenvalue weighted by atomic mass is 16.6. The second-order valence-corrected chi connectivity index (χ2v) is 16.9. The van der Waals surface area contributed by atoms with Gasteiger partial charge in [0.2, 0.25) is 17.6 Å². The quantitative estimate of drug-likeness (QED) is 0.110. The highest BCUT2D eigenvalue weighted by Crippen LogP contribution is 2.45. The van der Waals surface area contributed by atoms with E-state index in [1.54, 1.807) is 30.3 Å². The first-order valence-electron chi connectivity index (χ1n) is 20.1. The number of aromatic amines is 1. The number of aromatic nitrogens is 4. The summed E-state index contributed by atoms with van der Waals surface area (Å²) in [5, 5.41) is 35.2. The number of piperidine rings is 1. The van der Waals surface area contributed by atoms with Gasteiger partial charge in [-0.15, -0.1) is 10.2 Å². The van der Waals surface area contributed by atoms with Gasteiger partial charge in [0.05, 0.1) is 0 Å². The van der Waals surface area contributed by atoms with Crippen LogP contribution >= 0.6 is 0 Å². The van der Waals surface area contributed by atoms with Gasteiger partial charge >= 0.3 is 12.2 Å². The van der Waals surface area contributed by atoms with Gasteiger partial charge < -0.3 is 36.0 Å². The molecule has 2 unspecified atom stereocenters. The van der Waals surface area contributed by atoms with Crippen LogP contribution in [0.1, 0.15) is 67.9 Å². The van der Waals surface area contributed by atoms with E-state index in [0.717, 1.165) is 40.7 Å². The standard InChI is InChI=1S/C43H51N9O7/c1-24-18-30(39(54)47-36-33-22-52(42(57)58)23-34(33)36)14-17-32(24)29-7-5-6-26(19-29)20-35(40(55)45-31-15-12-27(13-16-31)37-48-50-51-49-37)46-38(53)28-10-8-25(9-11-28)21-44-41(56)59-43(2,3)4/h5-7,12-19,25,28,33-36H,8-11,20-23H2,1-4H3,(H,44,56)(H,45,55)(H,46,53)(H,47,54)(H,57,58)(H,48,49,50,51)/t25?,28?,33?,34?,35-,36?/m0/s1. The number of anilines is 1. The number of ether oxygens (including phenoxy) is 1. The van der Waals surface area contributed by atoms with Crippen molar-refractivity contribution in [2.45, 2.75) is 77.5 Å². The number of fused-ring (bicyclic) bond motifs is 1. The van der Waals surface area contributed by atoms with Crippen molar-refractivity contribution in [3.63, 3.8) is 0 Å². The number of benzene rings is 3. The molecule has 16 nitrogen and oxygen atoms in total. The Morgan fingerprint density at radius 2 is 1.66 bits per heavy atom. The van der Waals surface area contributed by atoms with Crippen LogP contribution in [0.25, 0.3) is 22.5 Å². The Hall–Kier alpha value is -6.32. The SMILES string of the molecule is Cc1cc(C(=O)NC2C3CN(C(=O)O)CC32)ccc1-c1cccc(C[C@H](NC(=O)C2CCC(CNC(=O)OC(C)(C)C)CC2)C(=O)Nc2ccc(-c3nn[nH]n3)cc2)c1. The van der Waals surface area contributed by atoms with Crippen LogP contribution in [0.15, 0.2) is 66.7 Å². The van der Waals surface area contributed by atoms with E-state index in [9.17, 15) is 29.1 Å². The summed E-state index contributed by atoms with van der Waals surface area (Å²) < 4.78 is 5.36. The summed E-state index contributed by atoms with van der Waals surface area (Å²) in [7, 11) is 0. The lowest BCUT2D eigenvalue weighted by Gasteiger charge is -2.29. The molecule has 1 aromatic heterocycles. The van der Waals surface area contributed by atoms with Crippen molar-refractivity contribution >= 4 is 35.6 Å². The van der Waals surface area contributed by atoms with E-state index < -0.39 is 23.8 Å². The Morgan fingerprint density at radius 1 is 0.932 bits per heavy atom. The molecular weight excluding hydrogens is 755 g/mol. The zero-order chi connectivity index (χ0) is 41.8. The van der Waals surface area contributed by atoms with Gasteiger partial charge in [-0.05, 0) is 123 Å². The van der Waals surface area contributed by atoms with Gasteiger partial charge in [0.25, 0.3) is 5.91 Å². The van der Waals surface area contributed by atoms with E-state index in [0.29, 0.717) is 49.6 Å². The number of amides is 5. The van der Waals surface area contributed by atoms with Crippen molar-refractivity contribution in [1.29, 1.82) is 0 Å². The van der Waals surface area contributed by atoms with E-state index in [2.05, 4.69) is 41.9 Å². The van der Waals surface area contributed by atoms with E-state index in [1.807, 2.05) is 64.1 Å². The van der Waals surface area contributed by atoms with Crippen LogP contribution in [0.5, 0.6) is 0 Å². The first kappa shape index (κ1) is 40.9. The van der Waals surface area contributed by atoms with Gasteiger partial charge in [-0.25, -0.2) is 9.59 Å². The Bertz CT molecular complexity index is 2170. The Kier molecular flexibility index (Phi) is 12.0. The Balaban J connectivity index is 1.01. The molecule has 3 aliphatic rings. The van der Waals surface area contributed by atoms with Crippen LogP contribution in [0.3, 0.4) is 0 Å². The first-order chi connectivity index (χ1) is 28.2. The summed E-state index contributed by atoms with van der Waals surface area (Å²) in [5.74, 6) is -0.0537. The number of H-pyrrole nitrogens is 1. The minimum Gasteiger partial charge on any atom is -0.465 e. The maximum Gasteiger partial charge on any atom is 0.407 e. The Morgan fingerprint density at radius 3 is 2.31 bits per heavy atom. The van der Waals surface area contributed by atoms with Gasteiger partial charge in [0.1, 0.15) is 11.6 Å². The molecule has 0 spiro atoms. The van der Waals surface area contributed by atoms with Crippen molar-refractivity contribution in [1.82, 2.24) is 41.5 Å². The number of carboxylic acid groups (broad SMARTS) is 1. The topological polar surface area (TPSA) is 221 Å². The zero-order valence-electron chi connectivity index (χ0n) is 33.7. The van der Waals surface area contributed by atoms with Crippen LogP contribution in [0.4, 0.5) is 15.3 Å². The maximum atomic E-state index is 14.0. The number of alkyl carbamates (subject to hydrolysis) is 1. The molecule has 1 aliphatic heterocycles. The number of likely N-dealkylation sites (tertiary alicyclic amines) is 1. The highest BCUT2D eigenvalue weighted by molar-refractivity contribution is 5.98. The second kappa shape index (κ2) is 17.3. The van der Waals surface area contributed by atoms with E-state index in [-0.39, 0.29) is 53.9 Å². The second-order valence-electron chi connectivity index (χ2n) is 16.9. The molecule has 7 rings (SSSR count). The van der Waals surface area contributed by atoms with Gasteiger partial charge in [0.15, 0.2) is 0 Å². The van der Waals surface area contributed by atoms with Crippen LogP contribution in [-0.4, -0.2) is 97.9 Å². The maximum absolute atomic E-state index is 14.0. The minimum atomic E-state index is -0.924. The van der Waals surface area contributed by atoms with Gasteiger partial charge in [0, 0.05) is 66.7 Å². The number of hydrogen-bond acceptors (Lipinski definition) is 9. The molecule has 0 bridgehead atoms. The van der Waals surface area contributed by atoms with Crippen LogP contribution < -0.4 is 21.3 Å². The molecule has 1 saturated heterocycles. The van der Waals surface area contributed by atoms with Crippen LogP contribution in [0, 0.1) is 30.6 Å². The number of carbonyl (C=O) groups is 5. The monoisotopic (exact) mass is 805 g/mol. The third-order valence-electron chi connectivity index (χ3n) is 11.5. The number of tetrazole rings is 1. The molecule has 4 aromatic rings. The minimum absolute atomic E-state index is 0.0142. The lowest BCUT2D eigenvalue weighted by atomic mass is 9.81. The first-order valence-corrected chi connectivity index (χ1v) is 20.1. The molecule has 0 radical (unpaired) electrons. The lowest BCUT2D eigenvalue weighted by Crippen LogP contribution is -2.48. The number of carbonyl (C=O) groups excluding carboxylic acids is 4. The summed E-state index contributed by atoms with van der Waals surface area (Å²) in [5.41, 5.74) is 4.77. The van der Waals surface area contributed by atoms with Crippen molar-refractivity contribution < 1.29 is 33.8 Å². The molecule has 3 aromatic carbocycles. The number of nitrogens with one attached hydrogen (secondary N) is 5. The molecule has 3 atom stereocenters. The molecule has 59 heavy (non-hydrogen) atoms. The molecule has 5 amide bonds. The number of rotatable bonds is 12. The third-order valence-corrected chi connectivity index (χ3v) is 11.5. The van der Waals surface area contributed by atoms with Crippen molar-refractivity contribution in [2.75, 3.05) is 25.0 Å². The lowest BCUT2D eigenvalue weighted by molar-refractivity contribution is -0.130. The molecule has 3 fully saturated rings. The average Bonchev–Trinajstić information content (AvgIpc) is 3.57. The predicted molar refractivity (Wildman–Crippen MR) is 218 cm³/mol. The van der Waals surface area contributed by atoms with Gasteiger partial charge in [-0.2, -0.15) is 5.21 Å². The molecule has 2 heterocycles. The zero-order valence-corrected chi connectivity index (χ0v) is 33.7. The van der Waals surface area contributed by atoms with E-state index in [4.69, 9.17) is 4.74 Å². The van der Waals surface area contributed by atoms with Crippen LogP contribution in [0.2, 0.25) is 0 Å². The number of nitrogens with zero attached hydrogens (tertiary/aromatic N) is 4. The average molecular weight is 806 g/mol. The molecule has 16 heteroatoms. The summed E-state index contributed by atoms with van der Waals surface area (Å²) in [6.45, 7) is 8.76. The summed E-state index contributed by atoms with van der Waals surface area (Å²) >= 11 is 0. The normalized spacial score (nSPS) is 21.4. The summed E-state index contributed by atoms with van der Waals surface area (Å²) in [4.78, 5) is 65.8. The predicted octanol–water partition coefficient (Wildman–Crippen LogP) is 5.18. The fraction of sp³-hybridized carbons (Fsp3) is 0.442. The molecule has 6 N–H and O–H groups in total. The third kappa shape index (κ3) is 10.2. The fourth-order valence-electron chi connectivity index (χ4n) is 8.25. The Labute approximate surface area is 342 Å². The van der Waals surface area contributed by atoms with Crippen LogP contribution in [-0.2, 0) is 20.7 Å². The molecule has 2 aliphatic carbocycles. The van der Waals surface area contributed by atoms with Crippen molar-refractivity contribution in [3.05, 3.63) is 83.4 Å². The molecule has 310 valence electrons. The largest absolute Gasteiger partial charge is 0.465 e. The molecule has 2 saturated carbocycles. The van der Waals surface area contributed by atoms with E-state index in [1.165, 1.54) is 4.90 Å². The van der Waals surface area contributed by atoms with Gasteiger partial charge in [-0.1, -0.05) is 30.3 Å².